The van der Waals surface area contributed by atoms with Gasteiger partial charge in [-0.25, -0.2) is 0 Å². The van der Waals surface area contributed by atoms with E-state index in [0.29, 0.717) is 12.8 Å². The van der Waals surface area contributed by atoms with Gasteiger partial charge in [0.2, 0.25) is 11.8 Å². The van der Waals surface area contributed by atoms with Gasteiger partial charge in [-0.2, -0.15) is 0 Å². The summed E-state index contributed by atoms with van der Waals surface area (Å²) >= 11 is 0. The molecule has 0 saturated carbocycles. The topological polar surface area (TPSA) is 49.4 Å². The summed E-state index contributed by atoms with van der Waals surface area (Å²) < 4.78 is 0. The van der Waals surface area contributed by atoms with Crippen LogP contribution in [0.3, 0.4) is 0 Å². The molecular formula is C11H18N2O2. The second kappa shape index (κ2) is 4.31. The van der Waals surface area contributed by atoms with E-state index in [0.717, 1.165) is 25.9 Å². The van der Waals surface area contributed by atoms with E-state index in [2.05, 4.69) is 5.32 Å². The van der Waals surface area contributed by atoms with E-state index in [4.69, 9.17) is 0 Å². The van der Waals surface area contributed by atoms with Crippen LogP contribution >= 0.6 is 0 Å². The average molecular weight is 210 g/mol. The Bertz CT molecular complexity index is 272. The highest BCUT2D eigenvalue weighted by atomic mass is 16.2. The fourth-order valence-corrected chi connectivity index (χ4v) is 2.38. The molecule has 0 aromatic heterocycles. The maximum Gasteiger partial charge on any atom is 0.232 e. The van der Waals surface area contributed by atoms with Crippen molar-refractivity contribution < 1.29 is 9.59 Å². The first-order chi connectivity index (χ1) is 7.20. The first-order valence-corrected chi connectivity index (χ1v) is 5.77. The van der Waals surface area contributed by atoms with Gasteiger partial charge in [-0.1, -0.05) is 6.92 Å². The lowest BCUT2D eigenvalue weighted by atomic mass is 9.95. The van der Waals surface area contributed by atoms with E-state index >= 15 is 0 Å². The van der Waals surface area contributed by atoms with Crippen molar-refractivity contribution in [3.63, 3.8) is 0 Å². The molecule has 0 aliphatic carbocycles. The van der Waals surface area contributed by atoms with Crippen molar-refractivity contribution in [1.82, 2.24) is 10.2 Å². The van der Waals surface area contributed by atoms with Crippen LogP contribution in [0, 0.1) is 5.92 Å². The number of hydrogen-bond donors (Lipinski definition) is 1. The van der Waals surface area contributed by atoms with Crippen LogP contribution in [0.25, 0.3) is 0 Å². The smallest absolute Gasteiger partial charge is 0.232 e. The number of nitrogens with zero attached hydrogens (tertiary/aromatic N) is 1. The normalized spacial score (nSPS) is 33.3. The van der Waals surface area contributed by atoms with Crippen molar-refractivity contribution in [2.24, 2.45) is 5.92 Å². The van der Waals surface area contributed by atoms with Crippen molar-refractivity contribution in [3.05, 3.63) is 0 Å². The Balaban J connectivity index is 2.09. The average Bonchev–Trinajstić information content (AvgIpc) is 2.26. The van der Waals surface area contributed by atoms with Crippen molar-refractivity contribution in [3.8, 4) is 0 Å². The Labute approximate surface area is 90.0 Å². The maximum atomic E-state index is 11.9. The van der Waals surface area contributed by atoms with E-state index in [-0.39, 0.29) is 23.8 Å². The molecule has 2 rings (SSSR count). The van der Waals surface area contributed by atoms with Crippen molar-refractivity contribution in [2.75, 3.05) is 13.1 Å². The van der Waals surface area contributed by atoms with E-state index in [1.807, 2.05) is 6.92 Å². The SMILES string of the molecule is CC1CCC(=O)N(C2CCCNC2)C1=O. The third-order valence-corrected chi connectivity index (χ3v) is 3.35. The lowest BCUT2D eigenvalue weighted by Gasteiger charge is -2.37. The zero-order valence-corrected chi connectivity index (χ0v) is 9.16. The van der Waals surface area contributed by atoms with Gasteiger partial charge in [-0.3, -0.25) is 14.5 Å². The molecule has 4 nitrogen and oxygen atoms in total. The van der Waals surface area contributed by atoms with Crippen LogP contribution in [0.1, 0.15) is 32.6 Å². The summed E-state index contributed by atoms with van der Waals surface area (Å²) in [7, 11) is 0. The third-order valence-electron chi connectivity index (χ3n) is 3.35. The predicted octanol–water partition coefficient (Wildman–Crippen LogP) is 0.523. The predicted molar refractivity (Wildman–Crippen MR) is 56.1 cm³/mol. The van der Waals surface area contributed by atoms with Gasteiger partial charge in [-0.15, -0.1) is 0 Å². The molecule has 4 heteroatoms. The van der Waals surface area contributed by atoms with Gasteiger partial charge in [-0.05, 0) is 25.8 Å². The molecule has 2 fully saturated rings. The largest absolute Gasteiger partial charge is 0.315 e. The molecule has 0 radical (unpaired) electrons. The lowest BCUT2D eigenvalue weighted by Crippen LogP contribution is -2.54. The first-order valence-electron chi connectivity index (χ1n) is 5.77. The molecule has 2 unspecified atom stereocenters. The molecule has 15 heavy (non-hydrogen) atoms. The maximum absolute atomic E-state index is 11.9. The highest BCUT2D eigenvalue weighted by Gasteiger charge is 2.36. The van der Waals surface area contributed by atoms with Crippen LogP contribution < -0.4 is 5.32 Å². The molecule has 1 N–H and O–H groups in total. The zero-order valence-electron chi connectivity index (χ0n) is 9.16. The van der Waals surface area contributed by atoms with Gasteiger partial charge in [0.25, 0.3) is 0 Å². The molecule has 2 aliphatic heterocycles. The minimum absolute atomic E-state index is 0.0182. The number of carbonyl (C=O) groups is 2. The number of piperidine rings is 2. The van der Waals surface area contributed by atoms with Crippen molar-refractivity contribution in [2.45, 2.75) is 38.6 Å². The van der Waals surface area contributed by atoms with Gasteiger partial charge < -0.3 is 5.32 Å². The summed E-state index contributed by atoms with van der Waals surface area (Å²) in [4.78, 5) is 25.2. The summed E-state index contributed by atoms with van der Waals surface area (Å²) in [5, 5.41) is 3.24. The number of imide groups is 1. The molecular weight excluding hydrogens is 192 g/mol. The lowest BCUT2D eigenvalue weighted by molar-refractivity contribution is -0.154. The van der Waals surface area contributed by atoms with Gasteiger partial charge in [0, 0.05) is 18.9 Å². The molecule has 2 amide bonds. The number of likely N-dealkylation sites (tertiary alicyclic amines) is 1. The Morgan fingerprint density at radius 2 is 2.13 bits per heavy atom. The number of carbonyl (C=O) groups excluding carboxylic acids is 2. The molecule has 2 aliphatic rings. The highest BCUT2D eigenvalue weighted by Crippen LogP contribution is 2.23. The Kier molecular flexibility index (Phi) is 3.05. The van der Waals surface area contributed by atoms with E-state index in [1.165, 1.54) is 4.90 Å². The Morgan fingerprint density at radius 1 is 1.33 bits per heavy atom. The number of amides is 2. The molecule has 0 aromatic carbocycles. The molecule has 0 spiro atoms. The second-order valence-corrected chi connectivity index (χ2v) is 4.54. The highest BCUT2D eigenvalue weighted by molar-refractivity contribution is 5.99. The van der Waals surface area contributed by atoms with E-state index in [9.17, 15) is 9.59 Å². The molecule has 2 saturated heterocycles. The van der Waals surface area contributed by atoms with Crippen LogP contribution in [0.5, 0.6) is 0 Å². The van der Waals surface area contributed by atoms with E-state index in [1.54, 1.807) is 0 Å². The molecule has 0 bridgehead atoms. The zero-order chi connectivity index (χ0) is 10.8. The van der Waals surface area contributed by atoms with Crippen molar-refractivity contribution >= 4 is 11.8 Å². The summed E-state index contributed by atoms with van der Waals surface area (Å²) in [5.74, 6) is 0.0661. The first kappa shape index (κ1) is 10.6. The minimum atomic E-state index is 0.0182. The molecule has 2 heterocycles. The van der Waals surface area contributed by atoms with Gasteiger partial charge in [0.1, 0.15) is 0 Å². The fourth-order valence-electron chi connectivity index (χ4n) is 2.38. The molecule has 84 valence electrons. The van der Waals surface area contributed by atoms with Gasteiger partial charge >= 0.3 is 0 Å². The summed E-state index contributed by atoms with van der Waals surface area (Å²) in [5.41, 5.74) is 0. The van der Waals surface area contributed by atoms with E-state index < -0.39 is 0 Å². The van der Waals surface area contributed by atoms with Crippen LogP contribution in [0.15, 0.2) is 0 Å². The Hall–Kier alpha value is -0.900. The van der Waals surface area contributed by atoms with Crippen LogP contribution in [-0.4, -0.2) is 35.8 Å². The number of rotatable bonds is 1. The van der Waals surface area contributed by atoms with Crippen molar-refractivity contribution in [1.29, 1.82) is 0 Å². The number of nitrogens with one attached hydrogen (secondary N) is 1. The van der Waals surface area contributed by atoms with Crippen LogP contribution in [0.4, 0.5) is 0 Å². The quantitative estimate of drug-likeness (QED) is 0.642. The monoisotopic (exact) mass is 210 g/mol. The summed E-state index contributed by atoms with van der Waals surface area (Å²) in [6.45, 7) is 3.69. The molecule has 0 aromatic rings. The summed E-state index contributed by atoms with van der Waals surface area (Å²) in [6, 6.07) is 0.0986. The van der Waals surface area contributed by atoms with Crippen LogP contribution in [0.2, 0.25) is 0 Å². The standard InChI is InChI=1S/C11H18N2O2/c1-8-4-5-10(14)13(11(8)15)9-3-2-6-12-7-9/h8-9,12H,2-7H2,1H3. The van der Waals surface area contributed by atoms with Gasteiger partial charge in [0.05, 0.1) is 6.04 Å². The summed E-state index contributed by atoms with van der Waals surface area (Å²) in [6.07, 6.45) is 3.25. The molecule has 2 atom stereocenters. The third kappa shape index (κ3) is 2.04. The Morgan fingerprint density at radius 3 is 2.80 bits per heavy atom. The minimum Gasteiger partial charge on any atom is -0.315 e. The second-order valence-electron chi connectivity index (χ2n) is 4.54. The number of hydrogen-bond acceptors (Lipinski definition) is 3. The van der Waals surface area contributed by atoms with Gasteiger partial charge in [0.15, 0.2) is 0 Å². The van der Waals surface area contributed by atoms with Crippen LogP contribution in [-0.2, 0) is 9.59 Å². The fraction of sp³-hybridized carbons (Fsp3) is 0.818.